The minimum absolute atomic E-state index is 0.127. The number of carbonyl (C=O) groups is 1. The van der Waals surface area contributed by atoms with Crippen molar-refractivity contribution in [2.24, 2.45) is 0 Å². The van der Waals surface area contributed by atoms with Crippen molar-refractivity contribution in [3.8, 4) is 0 Å². The SMILES string of the molecule is CC(C)c1ncc(Cl)c(C(=O)Nc2cccnc2)n1. The van der Waals surface area contributed by atoms with Gasteiger partial charge in [0.1, 0.15) is 5.82 Å². The number of anilines is 1. The summed E-state index contributed by atoms with van der Waals surface area (Å²) in [6, 6.07) is 3.47. The van der Waals surface area contributed by atoms with E-state index in [1.54, 1.807) is 24.5 Å². The van der Waals surface area contributed by atoms with Crippen LogP contribution in [-0.2, 0) is 0 Å². The van der Waals surface area contributed by atoms with Gasteiger partial charge in [-0.25, -0.2) is 9.97 Å². The second kappa shape index (κ2) is 5.75. The molecule has 6 heteroatoms. The van der Waals surface area contributed by atoms with Crippen LogP contribution in [0.4, 0.5) is 5.69 Å². The van der Waals surface area contributed by atoms with Crippen LogP contribution in [0.3, 0.4) is 0 Å². The normalized spacial score (nSPS) is 10.5. The topological polar surface area (TPSA) is 67.8 Å². The maximum Gasteiger partial charge on any atom is 0.275 e. The van der Waals surface area contributed by atoms with Gasteiger partial charge in [0, 0.05) is 12.1 Å². The van der Waals surface area contributed by atoms with Crippen LogP contribution in [0.25, 0.3) is 0 Å². The molecule has 0 bridgehead atoms. The standard InChI is InChI=1S/C13H13ClN4O/c1-8(2)12-16-7-10(14)11(18-12)13(19)17-9-4-3-5-15-6-9/h3-8H,1-2H3,(H,17,19). The molecule has 1 amide bonds. The summed E-state index contributed by atoms with van der Waals surface area (Å²) in [4.78, 5) is 24.3. The Balaban J connectivity index is 2.26. The Hall–Kier alpha value is -2.01. The lowest BCUT2D eigenvalue weighted by molar-refractivity contribution is 0.102. The molecule has 0 unspecified atom stereocenters. The fourth-order valence-electron chi connectivity index (χ4n) is 1.45. The molecule has 1 N–H and O–H groups in total. The molecular weight excluding hydrogens is 264 g/mol. The number of rotatable bonds is 3. The molecule has 0 aliphatic heterocycles. The Kier molecular flexibility index (Phi) is 4.06. The number of aromatic nitrogens is 3. The highest BCUT2D eigenvalue weighted by molar-refractivity contribution is 6.33. The van der Waals surface area contributed by atoms with Crippen LogP contribution >= 0.6 is 11.6 Å². The molecule has 2 aromatic rings. The molecule has 2 heterocycles. The van der Waals surface area contributed by atoms with Gasteiger partial charge in [-0.15, -0.1) is 0 Å². The lowest BCUT2D eigenvalue weighted by Crippen LogP contribution is -2.16. The summed E-state index contributed by atoms with van der Waals surface area (Å²) in [7, 11) is 0. The van der Waals surface area contributed by atoms with E-state index in [-0.39, 0.29) is 22.5 Å². The molecule has 98 valence electrons. The highest BCUT2D eigenvalue weighted by atomic mass is 35.5. The molecule has 2 aromatic heterocycles. The van der Waals surface area contributed by atoms with Crippen LogP contribution in [-0.4, -0.2) is 20.9 Å². The Morgan fingerprint density at radius 1 is 1.37 bits per heavy atom. The zero-order chi connectivity index (χ0) is 13.8. The maximum absolute atomic E-state index is 12.1. The molecule has 2 rings (SSSR count). The van der Waals surface area contributed by atoms with Crippen molar-refractivity contribution in [2.75, 3.05) is 5.32 Å². The van der Waals surface area contributed by atoms with Gasteiger partial charge in [0.15, 0.2) is 5.69 Å². The fraction of sp³-hybridized carbons (Fsp3) is 0.231. The number of hydrogen-bond donors (Lipinski definition) is 1. The number of pyridine rings is 1. The van der Waals surface area contributed by atoms with Gasteiger partial charge in [0.25, 0.3) is 5.91 Å². The molecule has 0 saturated heterocycles. The summed E-state index contributed by atoms with van der Waals surface area (Å²) < 4.78 is 0. The van der Waals surface area contributed by atoms with Crippen LogP contribution in [0.2, 0.25) is 5.02 Å². The van der Waals surface area contributed by atoms with E-state index >= 15 is 0 Å². The summed E-state index contributed by atoms with van der Waals surface area (Å²) >= 11 is 5.96. The third-order valence-electron chi connectivity index (χ3n) is 2.41. The summed E-state index contributed by atoms with van der Waals surface area (Å²) in [5, 5.41) is 2.92. The van der Waals surface area contributed by atoms with Crippen molar-refractivity contribution < 1.29 is 4.79 Å². The lowest BCUT2D eigenvalue weighted by atomic mass is 10.2. The number of amides is 1. The minimum atomic E-state index is -0.373. The average Bonchev–Trinajstić information content (AvgIpc) is 2.40. The zero-order valence-electron chi connectivity index (χ0n) is 10.6. The summed E-state index contributed by atoms with van der Waals surface area (Å²) in [5.41, 5.74) is 0.762. The second-order valence-corrected chi connectivity index (χ2v) is 4.68. The maximum atomic E-state index is 12.1. The summed E-state index contributed by atoms with van der Waals surface area (Å²) in [5.74, 6) is 0.338. The van der Waals surface area contributed by atoms with Gasteiger partial charge < -0.3 is 5.32 Å². The van der Waals surface area contributed by atoms with Gasteiger partial charge in [-0.05, 0) is 12.1 Å². The van der Waals surface area contributed by atoms with E-state index in [0.29, 0.717) is 11.5 Å². The van der Waals surface area contributed by atoms with E-state index in [1.165, 1.54) is 6.20 Å². The molecule has 0 spiro atoms. The molecule has 19 heavy (non-hydrogen) atoms. The van der Waals surface area contributed by atoms with Crippen LogP contribution < -0.4 is 5.32 Å². The van der Waals surface area contributed by atoms with Gasteiger partial charge in [0.05, 0.1) is 23.1 Å². The fourth-order valence-corrected chi connectivity index (χ4v) is 1.62. The minimum Gasteiger partial charge on any atom is -0.319 e. The van der Waals surface area contributed by atoms with Gasteiger partial charge in [0.2, 0.25) is 0 Å². The average molecular weight is 277 g/mol. The first-order valence-electron chi connectivity index (χ1n) is 5.81. The van der Waals surface area contributed by atoms with Gasteiger partial charge >= 0.3 is 0 Å². The Bertz CT molecular complexity index is 586. The van der Waals surface area contributed by atoms with E-state index in [2.05, 4.69) is 20.3 Å². The number of hydrogen-bond acceptors (Lipinski definition) is 4. The largest absolute Gasteiger partial charge is 0.319 e. The van der Waals surface area contributed by atoms with Crippen molar-refractivity contribution in [1.29, 1.82) is 0 Å². The highest BCUT2D eigenvalue weighted by Gasteiger charge is 2.15. The lowest BCUT2D eigenvalue weighted by Gasteiger charge is -2.08. The van der Waals surface area contributed by atoms with E-state index in [1.807, 2.05) is 13.8 Å². The molecule has 0 radical (unpaired) electrons. The molecule has 0 saturated carbocycles. The number of carbonyl (C=O) groups excluding carboxylic acids is 1. The van der Waals surface area contributed by atoms with E-state index in [4.69, 9.17) is 11.6 Å². The molecular formula is C13H13ClN4O. The first-order chi connectivity index (χ1) is 9.08. The van der Waals surface area contributed by atoms with Crippen molar-refractivity contribution >= 4 is 23.2 Å². The van der Waals surface area contributed by atoms with Crippen molar-refractivity contribution in [3.63, 3.8) is 0 Å². The van der Waals surface area contributed by atoms with Gasteiger partial charge in [-0.1, -0.05) is 25.4 Å². The molecule has 0 aromatic carbocycles. The Morgan fingerprint density at radius 3 is 2.79 bits per heavy atom. The molecule has 0 fully saturated rings. The van der Waals surface area contributed by atoms with E-state index in [9.17, 15) is 4.79 Å². The first-order valence-corrected chi connectivity index (χ1v) is 6.19. The first kappa shape index (κ1) is 13.4. The Morgan fingerprint density at radius 2 is 2.16 bits per heavy atom. The zero-order valence-corrected chi connectivity index (χ0v) is 11.3. The predicted octanol–water partition coefficient (Wildman–Crippen LogP) is 2.90. The molecule has 0 aliphatic rings. The second-order valence-electron chi connectivity index (χ2n) is 4.28. The summed E-state index contributed by atoms with van der Waals surface area (Å²) in [6.07, 6.45) is 4.63. The van der Waals surface area contributed by atoms with Crippen LogP contribution in [0.1, 0.15) is 36.1 Å². The smallest absolute Gasteiger partial charge is 0.275 e. The number of nitrogens with zero attached hydrogens (tertiary/aromatic N) is 3. The quantitative estimate of drug-likeness (QED) is 0.936. The summed E-state index contributed by atoms with van der Waals surface area (Å²) in [6.45, 7) is 3.90. The van der Waals surface area contributed by atoms with E-state index in [0.717, 1.165) is 0 Å². The van der Waals surface area contributed by atoms with Crippen LogP contribution in [0.5, 0.6) is 0 Å². The third-order valence-corrected chi connectivity index (χ3v) is 2.69. The van der Waals surface area contributed by atoms with Gasteiger partial charge in [-0.3, -0.25) is 9.78 Å². The number of nitrogens with one attached hydrogen (secondary N) is 1. The molecule has 0 atom stereocenters. The van der Waals surface area contributed by atoms with Crippen molar-refractivity contribution in [1.82, 2.24) is 15.0 Å². The third kappa shape index (κ3) is 3.26. The molecule has 5 nitrogen and oxygen atoms in total. The van der Waals surface area contributed by atoms with Crippen molar-refractivity contribution in [2.45, 2.75) is 19.8 Å². The van der Waals surface area contributed by atoms with Gasteiger partial charge in [-0.2, -0.15) is 0 Å². The highest BCUT2D eigenvalue weighted by Crippen LogP contribution is 2.17. The predicted molar refractivity (Wildman–Crippen MR) is 73.3 cm³/mol. The van der Waals surface area contributed by atoms with Crippen LogP contribution in [0, 0.1) is 0 Å². The van der Waals surface area contributed by atoms with E-state index < -0.39 is 0 Å². The van der Waals surface area contributed by atoms with Crippen LogP contribution in [0.15, 0.2) is 30.7 Å². The molecule has 0 aliphatic carbocycles. The van der Waals surface area contributed by atoms with Crippen molar-refractivity contribution in [3.05, 3.63) is 47.3 Å². The monoisotopic (exact) mass is 276 g/mol. The number of halogens is 1. The Labute approximate surface area is 116 Å².